The molecule has 3 N–H and O–H groups in total. The minimum absolute atomic E-state index is 0.278. The molecule has 0 aliphatic heterocycles. The highest BCUT2D eigenvalue weighted by Crippen LogP contribution is 2.05. The highest BCUT2D eigenvalue weighted by Gasteiger charge is 2.04. The molecule has 1 aromatic carbocycles. The molecule has 0 bridgehead atoms. The molecule has 18 heavy (non-hydrogen) atoms. The summed E-state index contributed by atoms with van der Waals surface area (Å²) < 4.78 is 0. The fourth-order valence-corrected chi connectivity index (χ4v) is 1.92. The predicted molar refractivity (Wildman–Crippen MR) is 74.9 cm³/mol. The van der Waals surface area contributed by atoms with Crippen molar-refractivity contribution in [3.05, 3.63) is 35.9 Å². The van der Waals surface area contributed by atoms with Gasteiger partial charge >= 0.3 is 0 Å². The molecule has 4 heteroatoms. The third-order valence-corrected chi connectivity index (χ3v) is 2.99. The molecule has 0 unspecified atom stereocenters. The van der Waals surface area contributed by atoms with Gasteiger partial charge in [-0.3, -0.25) is 4.90 Å². The Kier molecular flexibility index (Phi) is 6.87. The topological polar surface area (TPSA) is 61.8 Å². The zero-order valence-corrected chi connectivity index (χ0v) is 11.0. The number of oxime groups is 1. The fourth-order valence-electron chi connectivity index (χ4n) is 1.92. The number of benzene rings is 1. The van der Waals surface area contributed by atoms with Crippen LogP contribution >= 0.6 is 0 Å². The first-order valence-electron chi connectivity index (χ1n) is 6.49. The van der Waals surface area contributed by atoms with Crippen molar-refractivity contribution in [3.8, 4) is 0 Å². The van der Waals surface area contributed by atoms with Crippen molar-refractivity contribution >= 4 is 5.84 Å². The van der Waals surface area contributed by atoms with Gasteiger partial charge in [0.05, 0.1) is 6.54 Å². The summed E-state index contributed by atoms with van der Waals surface area (Å²) in [6.07, 6.45) is 3.40. The van der Waals surface area contributed by atoms with Crippen LogP contribution in [0.5, 0.6) is 0 Å². The summed E-state index contributed by atoms with van der Waals surface area (Å²) in [7, 11) is 0. The van der Waals surface area contributed by atoms with Gasteiger partial charge in [-0.25, -0.2) is 0 Å². The molecule has 0 amide bonds. The smallest absolute Gasteiger partial charge is 0.153 e. The van der Waals surface area contributed by atoms with Crippen LogP contribution in [0.25, 0.3) is 0 Å². The largest absolute Gasteiger partial charge is 0.409 e. The van der Waals surface area contributed by atoms with Gasteiger partial charge in [0.15, 0.2) is 5.84 Å². The molecular formula is C14H23N3O. The Bertz CT molecular complexity index is 351. The summed E-state index contributed by atoms with van der Waals surface area (Å²) in [5.74, 6) is 0.278. The van der Waals surface area contributed by atoms with Gasteiger partial charge in [-0.15, -0.1) is 0 Å². The van der Waals surface area contributed by atoms with Gasteiger partial charge in [0.25, 0.3) is 0 Å². The molecule has 0 fully saturated rings. The third kappa shape index (κ3) is 5.68. The maximum Gasteiger partial charge on any atom is 0.153 e. The first-order chi connectivity index (χ1) is 8.76. The number of hydrogen-bond acceptors (Lipinski definition) is 3. The molecule has 0 saturated carbocycles. The lowest BCUT2D eigenvalue weighted by molar-refractivity contribution is 0.295. The maximum atomic E-state index is 8.54. The monoisotopic (exact) mass is 249 g/mol. The van der Waals surface area contributed by atoms with Crippen molar-refractivity contribution in [3.63, 3.8) is 0 Å². The number of amidine groups is 1. The van der Waals surface area contributed by atoms with E-state index in [-0.39, 0.29) is 5.84 Å². The minimum Gasteiger partial charge on any atom is -0.409 e. The van der Waals surface area contributed by atoms with Crippen LogP contribution in [-0.2, 0) is 6.42 Å². The van der Waals surface area contributed by atoms with Crippen molar-refractivity contribution in [2.24, 2.45) is 10.9 Å². The molecule has 0 aliphatic rings. The Morgan fingerprint density at radius 1 is 1.28 bits per heavy atom. The molecule has 100 valence electrons. The van der Waals surface area contributed by atoms with Crippen molar-refractivity contribution in [1.29, 1.82) is 0 Å². The van der Waals surface area contributed by atoms with E-state index < -0.39 is 0 Å². The first-order valence-corrected chi connectivity index (χ1v) is 6.49. The third-order valence-electron chi connectivity index (χ3n) is 2.99. The zero-order chi connectivity index (χ0) is 13.2. The van der Waals surface area contributed by atoms with Crippen LogP contribution in [0.15, 0.2) is 35.5 Å². The fraction of sp³-hybridized carbons (Fsp3) is 0.500. The van der Waals surface area contributed by atoms with E-state index in [2.05, 4.69) is 41.2 Å². The van der Waals surface area contributed by atoms with Crippen LogP contribution in [0.1, 0.15) is 25.3 Å². The first kappa shape index (κ1) is 14.5. The molecule has 1 rings (SSSR count). The van der Waals surface area contributed by atoms with Crippen molar-refractivity contribution < 1.29 is 5.21 Å². The minimum atomic E-state index is 0.278. The van der Waals surface area contributed by atoms with Gasteiger partial charge < -0.3 is 10.9 Å². The molecule has 0 heterocycles. The van der Waals surface area contributed by atoms with E-state index in [1.54, 1.807) is 0 Å². The normalized spacial score (nSPS) is 12.0. The van der Waals surface area contributed by atoms with Crippen molar-refractivity contribution in [1.82, 2.24) is 4.90 Å². The average Bonchev–Trinajstić information content (AvgIpc) is 2.43. The molecule has 0 radical (unpaired) electrons. The maximum absolute atomic E-state index is 8.54. The van der Waals surface area contributed by atoms with Crippen LogP contribution in [0.4, 0.5) is 0 Å². The van der Waals surface area contributed by atoms with Crippen molar-refractivity contribution in [2.45, 2.75) is 26.2 Å². The molecule has 0 spiro atoms. The summed E-state index contributed by atoms with van der Waals surface area (Å²) in [5.41, 5.74) is 6.89. The standard InChI is InChI=1S/C14H23N3O/c1-2-17(12-14(15)16-18)11-7-6-10-13-8-4-3-5-9-13/h3-5,8-9,18H,2,6-7,10-12H2,1H3,(H2,15,16). The molecular weight excluding hydrogens is 226 g/mol. The zero-order valence-electron chi connectivity index (χ0n) is 11.0. The van der Waals surface area contributed by atoms with E-state index in [1.165, 1.54) is 5.56 Å². The van der Waals surface area contributed by atoms with E-state index in [4.69, 9.17) is 10.9 Å². The van der Waals surface area contributed by atoms with E-state index in [0.29, 0.717) is 6.54 Å². The van der Waals surface area contributed by atoms with Gasteiger partial charge in [-0.05, 0) is 37.9 Å². The molecule has 0 aromatic heterocycles. The van der Waals surface area contributed by atoms with Crippen LogP contribution < -0.4 is 5.73 Å². The quantitative estimate of drug-likeness (QED) is 0.244. The molecule has 0 atom stereocenters. The number of unbranched alkanes of at least 4 members (excludes halogenated alkanes) is 1. The second-order valence-corrected chi connectivity index (χ2v) is 4.40. The number of nitrogens with two attached hydrogens (primary N) is 1. The predicted octanol–water partition coefficient (Wildman–Crippen LogP) is 2.08. The van der Waals surface area contributed by atoms with Gasteiger partial charge in [-0.1, -0.05) is 42.4 Å². The highest BCUT2D eigenvalue weighted by molar-refractivity contribution is 5.81. The van der Waals surface area contributed by atoms with Crippen molar-refractivity contribution in [2.75, 3.05) is 19.6 Å². The number of nitrogens with zero attached hydrogens (tertiary/aromatic N) is 2. The Balaban J connectivity index is 2.20. The molecule has 1 aromatic rings. The second kappa shape index (κ2) is 8.53. The number of likely N-dealkylation sites (N-methyl/N-ethyl adjacent to an activating group) is 1. The number of rotatable bonds is 8. The van der Waals surface area contributed by atoms with Gasteiger partial charge in [-0.2, -0.15) is 0 Å². The lowest BCUT2D eigenvalue weighted by atomic mass is 10.1. The summed E-state index contributed by atoms with van der Waals surface area (Å²) in [5, 5.41) is 11.5. The Morgan fingerprint density at radius 3 is 2.61 bits per heavy atom. The molecule has 0 saturated heterocycles. The number of hydrogen-bond donors (Lipinski definition) is 2. The Morgan fingerprint density at radius 2 is 2.00 bits per heavy atom. The van der Waals surface area contributed by atoms with E-state index in [1.807, 2.05) is 6.07 Å². The lowest BCUT2D eigenvalue weighted by Crippen LogP contribution is -2.34. The summed E-state index contributed by atoms with van der Waals surface area (Å²) in [6, 6.07) is 10.5. The second-order valence-electron chi connectivity index (χ2n) is 4.40. The lowest BCUT2D eigenvalue weighted by Gasteiger charge is -2.19. The summed E-state index contributed by atoms with van der Waals surface area (Å²) >= 11 is 0. The highest BCUT2D eigenvalue weighted by atomic mass is 16.4. The van der Waals surface area contributed by atoms with Crippen LogP contribution in [0.2, 0.25) is 0 Å². The van der Waals surface area contributed by atoms with Crippen LogP contribution in [0.3, 0.4) is 0 Å². The SMILES string of the molecule is CCN(CCCCc1ccccc1)C/C(N)=N/O. The van der Waals surface area contributed by atoms with Crippen LogP contribution in [0, 0.1) is 0 Å². The van der Waals surface area contributed by atoms with Gasteiger partial charge in [0, 0.05) is 0 Å². The van der Waals surface area contributed by atoms with E-state index in [9.17, 15) is 0 Å². The number of aryl methyl sites for hydroxylation is 1. The summed E-state index contributed by atoms with van der Waals surface area (Å²) in [6.45, 7) is 4.53. The Hall–Kier alpha value is -1.55. The average molecular weight is 249 g/mol. The van der Waals surface area contributed by atoms with E-state index >= 15 is 0 Å². The molecule has 4 nitrogen and oxygen atoms in total. The summed E-state index contributed by atoms with van der Waals surface area (Å²) in [4.78, 5) is 2.18. The van der Waals surface area contributed by atoms with Gasteiger partial charge in [0.1, 0.15) is 0 Å². The molecule has 0 aliphatic carbocycles. The van der Waals surface area contributed by atoms with E-state index in [0.717, 1.165) is 32.4 Å². The van der Waals surface area contributed by atoms with Gasteiger partial charge in [0.2, 0.25) is 0 Å². The van der Waals surface area contributed by atoms with Crippen LogP contribution in [-0.4, -0.2) is 35.6 Å². The Labute approximate surface area is 109 Å².